The number of carboxylic acid groups (broad SMARTS) is 1. The van der Waals surface area contributed by atoms with E-state index in [9.17, 15) is 101 Å². The van der Waals surface area contributed by atoms with Gasteiger partial charge in [-0.2, -0.15) is 0 Å². The Kier molecular flexibility index (Phi) is 32.6. The Morgan fingerprint density at radius 2 is 1.06 bits per heavy atom. The van der Waals surface area contributed by atoms with Crippen LogP contribution in [0.4, 0.5) is 0 Å². The Balaban J connectivity index is 1.03. The Hall–Kier alpha value is -13.1. The topological polar surface area (TPSA) is 735 Å². The van der Waals surface area contributed by atoms with E-state index in [-0.39, 0.29) is 29.0 Å². The molecule has 141 heavy (non-hydrogen) atoms. The van der Waals surface area contributed by atoms with E-state index in [1.807, 2.05) is 0 Å². The second-order valence-corrected chi connectivity index (χ2v) is 36.1. The summed E-state index contributed by atoms with van der Waals surface area (Å²) in [7, 11) is 0. The SMILES string of the molecule is CC(=O)N[C@H]1[C@H](O[C@@H]2c3ccc(c(Cl)c3)Oc3cc4cc(c3O[C@@H]3O[C@H](CO)[C@@H](O)[C@H](O)[C@H]3NC(=O)CCCCCCC(C)C)Oc3ccc(cc3Cl)C[C@H]3NC(=O)[C@H](NC(=O)[C@@H](N)CCC(N)=O)c5ccc(O)c(c5)Oc5cc(O)cc(c5)[C@H](NC3=O)C(=O)N[C@H]4C(=O)N[C@H]3C(=O)N[C@@H]2C(=O)N[C@H](C(=O)O)c2cc(O)cc(O[C@H]4O[C@H](CO)[C@@H](O)[C@H](O)[C@@H]4O)c2-c2cc3ccc2O)O[C@H](CO)[C@@H](O)[C@@H]1O. The summed E-state index contributed by atoms with van der Waals surface area (Å²) in [6.07, 6.45) is -27.3. The maximum absolute atomic E-state index is 17.2. The van der Waals surface area contributed by atoms with E-state index in [2.05, 4.69) is 61.7 Å². The number of rotatable bonds is 24. The zero-order chi connectivity index (χ0) is 102. The van der Waals surface area contributed by atoms with Gasteiger partial charge in [-0.15, -0.1) is 0 Å². The number of amides is 10. The highest BCUT2D eigenvalue weighted by Crippen LogP contribution is 2.51. The number of hydrogen-bond donors (Lipinski definition) is 26. The van der Waals surface area contributed by atoms with E-state index >= 15 is 28.8 Å². The normalized spacial score (nSPS) is 28.0. The van der Waals surface area contributed by atoms with Crippen molar-refractivity contribution in [1.82, 2.24) is 47.9 Å². The van der Waals surface area contributed by atoms with Crippen LogP contribution in [0.1, 0.15) is 147 Å². The average Bonchev–Trinajstić information content (AvgIpc) is 0.744. The van der Waals surface area contributed by atoms with Gasteiger partial charge >= 0.3 is 5.97 Å². The molecule has 7 aromatic carbocycles. The molecule has 10 amide bonds. The lowest BCUT2D eigenvalue weighted by atomic mass is 9.89. The van der Waals surface area contributed by atoms with Gasteiger partial charge in [-0.25, -0.2) is 4.79 Å². The van der Waals surface area contributed by atoms with Crippen molar-refractivity contribution < 1.29 is 172 Å². The molecule has 3 fully saturated rings. The van der Waals surface area contributed by atoms with Gasteiger partial charge in [-0.3, -0.25) is 47.9 Å². The maximum Gasteiger partial charge on any atom is 0.330 e. The number of nitrogens with one attached hydrogen (secondary N) is 9. The number of aliphatic hydroxyl groups is 10. The molecule has 9 heterocycles. The first-order valence-electron chi connectivity index (χ1n) is 44.7. The number of fused-ring (bicyclic) bond motifs is 14. The van der Waals surface area contributed by atoms with E-state index in [0.29, 0.717) is 18.8 Å². The summed E-state index contributed by atoms with van der Waals surface area (Å²) in [4.78, 5) is 166. The fourth-order valence-corrected chi connectivity index (χ4v) is 17.7. The summed E-state index contributed by atoms with van der Waals surface area (Å²) in [6.45, 7) is 1.87. The molecule has 0 spiro atoms. The molecule has 0 aromatic heterocycles. The number of nitrogens with two attached hydrogens (primary N) is 2. The van der Waals surface area contributed by atoms with Crippen molar-refractivity contribution >= 4 is 88.2 Å². The first kappa shape index (κ1) is 104. The number of carbonyl (C=O) groups excluding carboxylic acids is 10. The molecule has 0 aliphatic carbocycles. The van der Waals surface area contributed by atoms with Crippen molar-refractivity contribution in [2.75, 3.05) is 19.8 Å². The number of aromatic hydroxyl groups is 4. The van der Waals surface area contributed by atoms with Gasteiger partial charge < -0.3 is 179 Å². The van der Waals surface area contributed by atoms with E-state index < -0.39 is 357 Å². The number of aliphatic hydroxyl groups excluding tert-OH is 10. The van der Waals surface area contributed by atoms with E-state index in [4.69, 9.17) is 77.3 Å². The van der Waals surface area contributed by atoms with Gasteiger partial charge in [0.2, 0.25) is 77.4 Å². The summed E-state index contributed by atoms with van der Waals surface area (Å²) in [6, 6.07) is -2.52. The number of primary amides is 1. The van der Waals surface area contributed by atoms with Gasteiger partial charge in [0.15, 0.2) is 35.3 Å². The van der Waals surface area contributed by atoms with Gasteiger partial charge in [-0.05, 0) is 131 Å². The van der Waals surface area contributed by atoms with E-state index in [1.54, 1.807) is 0 Å². The molecule has 0 radical (unpaired) electrons. The first-order valence-corrected chi connectivity index (χ1v) is 45.5. The predicted octanol–water partition coefficient (Wildman–Crippen LogP) is -0.230. The molecule has 9 aliphatic heterocycles. The summed E-state index contributed by atoms with van der Waals surface area (Å²) < 4.78 is 57.6. The van der Waals surface area contributed by atoms with Gasteiger partial charge in [0.05, 0.1) is 35.9 Å². The monoisotopic (exact) mass is 2010 g/mol. The fourth-order valence-electron chi connectivity index (χ4n) is 17.3. The largest absolute Gasteiger partial charge is 0.508 e. The molecule has 28 N–H and O–H groups in total. The lowest BCUT2D eigenvalue weighted by Crippen LogP contribution is -2.65. The minimum Gasteiger partial charge on any atom is -0.508 e. The Bertz CT molecular complexity index is 5920. The van der Waals surface area contributed by atoms with Crippen LogP contribution in [-0.2, 0) is 78.1 Å². The smallest absolute Gasteiger partial charge is 0.330 e. The van der Waals surface area contributed by atoms with Gasteiger partial charge in [-0.1, -0.05) is 87.0 Å². The second kappa shape index (κ2) is 44.4. The second-order valence-electron chi connectivity index (χ2n) is 35.3. The summed E-state index contributed by atoms with van der Waals surface area (Å²) >= 11 is 14.8. The van der Waals surface area contributed by atoms with Crippen molar-refractivity contribution in [2.24, 2.45) is 17.4 Å². The standard InChI is InChI=1S/C93H105Cl2N11O35/c1-35(2)8-6-4-5-7-9-64(116)100-72-78(121)75(118)61(33-108)138-92(72)141-82-58-27-42-28-59(82)135-55-18-13-40(25-49(55)95)81(140-91-71(98-36(3)110)77(120)74(117)60(32-107)137-91)73-89(130)105-70(90(131)132)47-30-44(112)31-57(136-93-80(123)79(122)76(119)62(34-109)139-93)65(47)46-24-38(11-15-52(46)113)66(86(127)106-73)103-88(129)69(42)104-87(128)68-41-22-43(111)29-45(23-41)133-56-26-39(12-16-53(56)114)67(101-83(124)50(96)14-19-63(97)115)85(126)99-51(84(125)102-68)21-37-10-17-54(134-58)48(94)20-37/h10-13,15-18,20,22-31,35,50-51,60-62,66-81,91-93,107-109,111-114,117-123H,4-9,14,19,21,32-34,96H2,1-3H3,(H2,97,115)(H,98,110)(H,99,126)(H,100,116)(H,101,124)(H,102,125)(H,103,129)(H,104,128)(H,105,130)(H,106,127)(H,131,132)/t50-,51+,60+,61+,62+,66+,67+,68-,69+,70-,71+,72+,73-,74+,75+,76+,77+,78+,79-,80-,81+,91-,92-,93-/m0/s1. The van der Waals surface area contributed by atoms with Crippen molar-refractivity contribution in [1.29, 1.82) is 0 Å². The number of halogens is 2. The van der Waals surface area contributed by atoms with Crippen LogP contribution in [0.15, 0.2) is 115 Å². The van der Waals surface area contributed by atoms with Crippen molar-refractivity contribution in [3.8, 4) is 80.1 Å². The predicted molar refractivity (Wildman–Crippen MR) is 483 cm³/mol. The third-order valence-electron chi connectivity index (χ3n) is 24.7. The van der Waals surface area contributed by atoms with Crippen LogP contribution in [0, 0.1) is 5.92 Å². The minimum absolute atomic E-state index is 0.0658. The number of aliphatic carboxylic acids is 1. The number of carboxylic acids is 1. The van der Waals surface area contributed by atoms with E-state index in [1.165, 1.54) is 24.3 Å². The van der Waals surface area contributed by atoms with Crippen LogP contribution in [0.25, 0.3) is 11.1 Å². The highest BCUT2D eigenvalue weighted by atomic mass is 35.5. The zero-order valence-corrected chi connectivity index (χ0v) is 76.7. The average molecular weight is 2010 g/mol. The van der Waals surface area contributed by atoms with Crippen LogP contribution in [0.5, 0.6) is 69.0 Å². The third-order valence-corrected chi connectivity index (χ3v) is 25.3. The summed E-state index contributed by atoms with van der Waals surface area (Å²) in [5.41, 5.74) is 7.30. The molecule has 17 bridgehead atoms. The van der Waals surface area contributed by atoms with Crippen molar-refractivity contribution in [2.45, 2.75) is 225 Å². The molecule has 0 unspecified atom stereocenters. The quantitative estimate of drug-likeness (QED) is 0.0348. The molecule has 46 nitrogen and oxygen atoms in total. The molecule has 24 atom stereocenters. The van der Waals surface area contributed by atoms with Crippen LogP contribution in [0.2, 0.25) is 10.0 Å². The molecule has 9 aliphatic rings. The Morgan fingerprint density at radius 1 is 0.496 bits per heavy atom. The van der Waals surface area contributed by atoms with E-state index in [0.717, 1.165) is 117 Å². The minimum atomic E-state index is -2.63. The highest BCUT2D eigenvalue weighted by molar-refractivity contribution is 6.32. The number of unbranched alkanes of at least 4 members (excludes halogenated alkanes) is 3. The Morgan fingerprint density at radius 3 is 1.68 bits per heavy atom. The van der Waals surface area contributed by atoms with Crippen LogP contribution in [0.3, 0.4) is 0 Å². The Labute approximate surface area is 810 Å². The van der Waals surface area contributed by atoms with Gasteiger partial charge in [0.1, 0.15) is 156 Å². The lowest BCUT2D eigenvalue weighted by Gasteiger charge is -2.44. The number of phenolic OH excluding ortho intramolecular Hbond substituents is 4. The number of phenols is 4. The lowest BCUT2D eigenvalue weighted by molar-refractivity contribution is -0.284. The third kappa shape index (κ3) is 23.4. The fraction of sp³-hybridized carbons (Fsp3) is 0.430. The molecule has 0 saturated carbocycles. The number of carbonyl (C=O) groups is 11. The molecule has 756 valence electrons. The molecule has 16 rings (SSSR count). The van der Waals surface area contributed by atoms with Gasteiger partial charge in [0, 0.05) is 55.0 Å². The van der Waals surface area contributed by atoms with Crippen molar-refractivity contribution in [3.05, 3.63) is 164 Å². The van der Waals surface area contributed by atoms with Crippen LogP contribution in [-0.4, -0.2) is 272 Å². The molecule has 48 heteroatoms. The maximum atomic E-state index is 17.2. The van der Waals surface area contributed by atoms with Crippen LogP contribution < -0.4 is 83.0 Å². The zero-order valence-electron chi connectivity index (χ0n) is 75.2. The van der Waals surface area contributed by atoms with Crippen LogP contribution >= 0.6 is 23.2 Å². The number of benzene rings is 7. The molecular formula is C93H105Cl2N11O35. The number of ether oxygens (including phenoxy) is 9. The molecule has 7 aromatic rings. The summed E-state index contributed by atoms with van der Waals surface area (Å²) in [5.74, 6) is -22.3. The van der Waals surface area contributed by atoms with Crippen molar-refractivity contribution in [3.63, 3.8) is 0 Å². The number of hydrogen-bond acceptors (Lipinski definition) is 35. The first-order chi connectivity index (χ1) is 67.1. The summed E-state index contributed by atoms with van der Waals surface area (Å²) in [5, 5.41) is 193. The van der Waals surface area contributed by atoms with Gasteiger partial charge in [0.25, 0.3) is 0 Å². The highest BCUT2D eigenvalue weighted by Gasteiger charge is 2.53. The molecular weight excluding hydrogens is 1900 g/mol. The molecule has 3 saturated heterocycles.